The van der Waals surface area contributed by atoms with Crippen LogP contribution in [-0.4, -0.2) is 37.1 Å². The SMILES string of the molecule is CCCN1CCCC1CNCC. The molecule has 0 spiro atoms. The van der Waals surface area contributed by atoms with Gasteiger partial charge in [-0.2, -0.15) is 0 Å². The molecule has 1 aliphatic rings. The van der Waals surface area contributed by atoms with Crippen LogP contribution in [0.1, 0.15) is 33.1 Å². The summed E-state index contributed by atoms with van der Waals surface area (Å²) in [6.45, 7) is 9.36. The van der Waals surface area contributed by atoms with Gasteiger partial charge in [-0.25, -0.2) is 0 Å². The van der Waals surface area contributed by atoms with E-state index in [0.29, 0.717) is 0 Å². The zero-order chi connectivity index (χ0) is 8.81. The van der Waals surface area contributed by atoms with E-state index in [4.69, 9.17) is 0 Å². The van der Waals surface area contributed by atoms with Crippen LogP contribution in [0.3, 0.4) is 0 Å². The van der Waals surface area contributed by atoms with E-state index < -0.39 is 0 Å². The largest absolute Gasteiger partial charge is 0.315 e. The Balaban J connectivity index is 2.20. The third-order valence-corrected chi connectivity index (χ3v) is 2.64. The van der Waals surface area contributed by atoms with Crippen molar-refractivity contribution >= 4 is 0 Å². The van der Waals surface area contributed by atoms with E-state index in [1.807, 2.05) is 0 Å². The Labute approximate surface area is 76.3 Å². The maximum atomic E-state index is 3.44. The summed E-state index contributed by atoms with van der Waals surface area (Å²) >= 11 is 0. The van der Waals surface area contributed by atoms with Crippen molar-refractivity contribution < 1.29 is 0 Å². The Hall–Kier alpha value is -0.0800. The lowest BCUT2D eigenvalue weighted by Gasteiger charge is -2.23. The Morgan fingerprint density at radius 3 is 2.92 bits per heavy atom. The number of likely N-dealkylation sites (N-methyl/N-ethyl adjacent to an activating group) is 1. The second kappa shape index (κ2) is 5.55. The van der Waals surface area contributed by atoms with Crippen LogP contribution in [0.2, 0.25) is 0 Å². The molecule has 1 aliphatic heterocycles. The van der Waals surface area contributed by atoms with Crippen molar-refractivity contribution in [3.8, 4) is 0 Å². The molecule has 72 valence electrons. The Morgan fingerprint density at radius 1 is 1.42 bits per heavy atom. The number of hydrogen-bond acceptors (Lipinski definition) is 2. The van der Waals surface area contributed by atoms with E-state index in [9.17, 15) is 0 Å². The van der Waals surface area contributed by atoms with Gasteiger partial charge in [0.2, 0.25) is 0 Å². The highest BCUT2D eigenvalue weighted by Crippen LogP contribution is 2.16. The average molecular weight is 170 g/mol. The van der Waals surface area contributed by atoms with E-state index in [-0.39, 0.29) is 0 Å². The Bertz CT molecular complexity index is 114. The molecular formula is C10H22N2. The predicted molar refractivity (Wildman–Crippen MR) is 53.4 cm³/mol. The van der Waals surface area contributed by atoms with Crippen molar-refractivity contribution in [3.05, 3.63) is 0 Å². The molecule has 0 saturated carbocycles. The topological polar surface area (TPSA) is 15.3 Å². The lowest BCUT2D eigenvalue weighted by Crippen LogP contribution is -2.38. The summed E-state index contributed by atoms with van der Waals surface area (Å²) in [5.74, 6) is 0. The summed E-state index contributed by atoms with van der Waals surface area (Å²) in [6, 6.07) is 0.824. The molecule has 0 bridgehead atoms. The summed E-state index contributed by atoms with van der Waals surface area (Å²) in [6.07, 6.45) is 4.09. The number of nitrogens with one attached hydrogen (secondary N) is 1. The van der Waals surface area contributed by atoms with Gasteiger partial charge in [0.05, 0.1) is 0 Å². The highest BCUT2D eigenvalue weighted by Gasteiger charge is 2.22. The highest BCUT2D eigenvalue weighted by molar-refractivity contribution is 4.80. The van der Waals surface area contributed by atoms with E-state index in [1.54, 1.807) is 0 Å². The lowest BCUT2D eigenvalue weighted by molar-refractivity contribution is 0.249. The fourth-order valence-electron chi connectivity index (χ4n) is 2.02. The molecule has 0 aliphatic carbocycles. The zero-order valence-electron chi connectivity index (χ0n) is 8.47. The molecule has 1 fully saturated rings. The van der Waals surface area contributed by atoms with Crippen LogP contribution in [0.5, 0.6) is 0 Å². The first kappa shape index (κ1) is 10.0. The molecule has 1 unspecified atom stereocenters. The first-order valence-corrected chi connectivity index (χ1v) is 5.33. The van der Waals surface area contributed by atoms with Gasteiger partial charge >= 0.3 is 0 Å². The van der Waals surface area contributed by atoms with E-state index in [1.165, 1.54) is 38.9 Å². The van der Waals surface area contributed by atoms with Gasteiger partial charge in [-0.15, -0.1) is 0 Å². The van der Waals surface area contributed by atoms with Crippen LogP contribution >= 0.6 is 0 Å². The highest BCUT2D eigenvalue weighted by atomic mass is 15.2. The maximum Gasteiger partial charge on any atom is 0.0221 e. The molecule has 1 heterocycles. The fraction of sp³-hybridized carbons (Fsp3) is 1.00. The number of hydrogen-bond donors (Lipinski definition) is 1. The van der Waals surface area contributed by atoms with Crippen LogP contribution in [0.4, 0.5) is 0 Å². The van der Waals surface area contributed by atoms with Gasteiger partial charge in [0.1, 0.15) is 0 Å². The molecule has 1 rings (SSSR count). The van der Waals surface area contributed by atoms with E-state index in [0.717, 1.165) is 12.6 Å². The normalized spacial score (nSPS) is 25.0. The van der Waals surface area contributed by atoms with Gasteiger partial charge in [-0.05, 0) is 38.9 Å². The van der Waals surface area contributed by atoms with Gasteiger partial charge in [0, 0.05) is 12.6 Å². The lowest BCUT2D eigenvalue weighted by atomic mass is 10.2. The van der Waals surface area contributed by atoms with Crippen molar-refractivity contribution in [1.82, 2.24) is 10.2 Å². The third-order valence-electron chi connectivity index (χ3n) is 2.64. The summed E-state index contributed by atoms with van der Waals surface area (Å²) in [5, 5.41) is 3.44. The fourth-order valence-corrected chi connectivity index (χ4v) is 2.02. The van der Waals surface area contributed by atoms with E-state index >= 15 is 0 Å². The minimum Gasteiger partial charge on any atom is -0.315 e. The molecule has 2 nitrogen and oxygen atoms in total. The summed E-state index contributed by atoms with van der Waals surface area (Å²) < 4.78 is 0. The van der Waals surface area contributed by atoms with Crippen molar-refractivity contribution in [2.75, 3.05) is 26.2 Å². The van der Waals surface area contributed by atoms with Crippen molar-refractivity contribution in [2.24, 2.45) is 0 Å². The quantitative estimate of drug-likeness (QED) is 0.672. The molecule has 0 amide bonds. The minimum atomic E-state index is 0.824. The smallest absolute Gasteiger partial charge is 0.0221 e. The van der Waals surface area contributed by atoms with Crippen LogP contribution < -0.4 is 5.32 Å². The van der Waals surface area contributed by atoms with E-state index in [2.05, 4.69) is 24.1 Å². The second-order valence-corrected chi connectivity index (χ2v) is 3.64. The van der Waals surface area contributed by atoms with Crippen molar-refractivity contribution in [2.45, 2.75) is 39.2 Å². The van der Waals surface area contributed by atoms with Crippen molar-refractivity contribution in [1.29, 1.82) is 0 Å². The number of rotatable bonds is 5. The standard InChI is InChI=1S/C10H22N2/c1-3-7-12-8-5-6-10(12)9-11-4-2/h10-11H,3-9H2,1-2H3. The third kappa shape index (κ3) is 2.76. The molecule has 1 saturated heterocycles. The summed E-state index contributed by atoms with van der Waals surface area (Å²) in [5.41, 5.74) is 0. The van der Waals surface area contributed by atoms with Gasteiger partial charge in [0.15, 0.2) is 0 Å². The van der Waals surface area contributed by atoms with Crippen molar-refractivity contribution in [3.63, 3.8) is 0 Å². The van der Waals surface area contributed by atoms with Gasteiger partial charge in [-0.3, -0.25) is 4.90 Å². The minimum absolute atomic E-state index is 0.824. The first-order valence-electron chi connectivity index (χ1n) is 5.33. The number of likely N-dealkylation sites (tertiary alicyclic amines) is 1. The predicted octanol–water partition coefficient (Wildman–Crippen LogP) is 1.47. The molecule has 1 N–H and O–H groups in total. The molecule has 12 heavy (non-hydrogen) atoms. The average Bonchev–Trinajstić information content (AvgIpc) is 2.50. The molecule has 2 heteroatoms. The van der Waals surface area contributed by atoms with Gasteiger partial charge < -0.3 is 5.32 Å². The molecule has 0 radical (unpaired) electrons. The van der Waals surface area contributed by atoms with Crippen LogP contribution in [-0.2, 0) is 0 Å². The van der Waals surface area contributed by atoms with Crippen LogP contribution in [0, 0.1) is 0 Å². The van der Waals surface area contributed by atoms with Crippen LogP contribution in [0.15, 0.2) is 0 Å². The molecule has 0 aromatic carbocycles. The molecule has 0 aromatic rings. The summed E-state index contributed by atoms with van der Waals surface area (Å²) in [4.78, 5) is 2.63. The summed E-state index contributed by atoms with van der Waals surface area (Å²) in [7, 11) is 0. The molecular weight excluding hydrogens is 148 g/mol. The maximum absolute atomic E-state index is 3.44. The van der Waals surface area contributed by atoms with Crippen LogP contribution in [0.25, 0.3) is 0 Å². The van der Waals surface area contributed by atoms with Gasteiger partial charge in [0.25, 0.3) is 0 Å². The second-order valence-electron chi connectivity index (χ2n) is 3.64. The first-order chi connectivity index (χ1) is 5.88. The molecule has 0 aromatic heterocycles. The zero-order valence-corrected chi connectivity index (χ0v) is 8.47. The monoisotopic (exact) mass is 170 g/mol. The van der Waals surface area contributed by atoms with Gasteiger partial charge in [-0.1, -0.05) is 13.8 Å². The molecule has 1 atom stereocenters. The number of nitrogens with zero attached hydrogens (tertiary/aromatic N) is 1. The Kier molecular flexibility index (Phi) is 4.62. The Morgan fingerprint density at radius 2 is 2.25 bits per heavy atom.